The molecule has 3 heterocycles. The van der Waals surface area contributed by atoms with Gasteiger partial charge in [-0.25, -0.2) is 9.78 Å². The molecular weight excluding hydrogens is 374 g/mol. The molecule has 1 aliphatic heterocycles. The lowest BCUT2D eigenvalue weighted by Gasteiger charge is -2.08. The maximum absolute atomic E-state index is 13.3. The number of rotatable bonds is 4. The number of fused-ring (bicyclic) bond motifs is 1. The van der Waals surface area contributed by atoms with Crippen LogP contribution >= 0.6 is 0 Å². The minimum absolute atomic E-state index is 0.00777. The van der Waals surface area contributed by atoms with Gasteiger partial charge in [0.25, 0.3) is 0 Å². The molecule has 1 unspecified atom stereocenters. The van der Waals surface area contributed by atoms with E-state index in [0.29, 0.717) is 6.42 Å². The van der Waals surface area contributed by atoms with E-state index in [1.807, 2.05) is 48.7 Å². The van der Waals surface area contributed by atoms with Crippen molar-refractivity contribution in [1.29, 1.82) is 0 Å². The van der Waals surface area contributed by atoms with Crippen LogP contribution in [0.5, 0.6) is 0 Å². The van der Waals surface area contributed by atoms with Crippen LogP contribution in [-0.2, 0) is 6.42 Å². The highest BCUT2D eigenvalue weighted by Gasteiger charge is 2.41. The van der Waals surface area contributed by atoms with E-state index in [4.69, 9.17) is 9.40 Å². The third kappa shape index (κ3) is 3.28. The molecular formula is C25H22N3O2+. The fourth-order valence-corrected chi connectivity index (χ4v) is 4.04. The zero-order valence-electron chi connectivity index (χ0n) is 16.9. The summed E-state index contributed by atoms with van der Waals surface area (Å²) in [5.74, 6) is 1.49. The van der Waals surface area contributed by atoms with Gasteiger partial charge in [-0.1, -0.05) is 47.5 Å². The summed E-state index contributed by atoms with van der Waals surface area (Å²) < 4.78 is 7.17. The van der Waals surface area contributed by atoms with E-state index in [1.165, 1.54) is 0 Å². The Hall–Kier alpha value is -3.73. The predicted molar refractivity (Wildman–Crippen MR) is 115 cm³/mol. The average molecular weight is 396 g/mol. The molecule has 0 bridgehead atoms. The Morgan fingerprint density at radius 1 is 1.00 bits per heavy atom. The summed E-state index contributed by atoms with van der Waals surface area (Å²) >= 11 is 0. The highest BCUT2D eigenvalue weighted by Crippen LogP contribution is 2.31. The summed E-state index contributed by atoms with van der Waals surface area (Å²) in [7, 11) is 0. The number of aromatic nitrogens is 2. The largest absolute Gasteiger partial charge is 0.469 e. The van der Waals surface area contributed by atoms with Crippen LogP contribution in [0.25, 0.3) is 22.5 Å². The van der Waals surface area contributed by atoms with Crippen molar-refractivity contribution < 1.29 is 13.8 Å². The van der Waals surface area contributed by atoms with Crippen LogP contribution in [0.1, 0.15) is 21.7 Å². The van der Waals surface area contributed by atoms with E-state index >= 15 is 0 Å². The molecule has 148 valence electrons. The first kappa shape index (κ1) is 18.3. The predicted octanol–water partition coefficient (Wildman–Crippen LogP) is 4.59. The van der Waals surface area contributed by atoms with Gasteiger partial charge in [-0.05, 0) is 38.1 Å². The summed E-state index contributed by atoms with van der Waals surface area (Å²) in [6.07, 6.45) is 3.94. The number of carbonyl (C=O) groups is 1. The molecule has 5 heteroatoms. The van der Waals surface area contributed by atoms with Crippen molar-refractivity contribution >= 4 is 11.7 Å². The fraction of sp³-hybridized carbons (Fsp3) is 0.160. The number of hydrogen-bond acceptors (Lipinski definition) is 4. The maximum Gasteiger partial charge on any atom is 0.359 e. The van der Waals surface area contributed by atoms with Gasteiger partial charge in [0.15, 0.2) is 5.69 Å². The second-order valence-electron chi connectivity index (χ2n) is 7.75. The van der Waals surface area contributed by atoms with Crippen molar-refractivity contribution in [2.75, 3.05) is 5.32 Å². The quantitative estimate of drug-likeness (QED) is 0.513. The Labute approximate surface area is 175 Å². The van der Waals surface area contributed by atoms with Crippen molar-refractivity contribution in [3.63, 3.8) is 0 Å². The smallest absolute Gasteiger partial charge is 0.359 e. The fourth-order valence-electron chi connectivity index (χ4n) is 4.04. The number of carbonyl (C=O) groups excluding carboxylic acids is 1. The summed E-state index contributed by atoms with van der Waals surface area (Å²) in [6, 6.07) is 19.6. The highest BCUT2D eigenvalue weighted by molar-refractivity contribution is 5.87. The molecule has 0 saturated carbocycles. The first-order chi connectivity index (χ1) is 14.6. The van der Waals surface area contributed by atoms with Crippen molar-refractivity contribution in [3.05, 3.63) is 90.0 Å². The lowest BCUT2D eigenvalue weighted by molar-refractivity contribution is -0.551. The number of aryl methyl sites for hydroxylation is 2. The van der Waals surface area contributed by atoms with Crippen molar-refractivity contribution in [2.24, 2.45) is 0 Å². The van der Waals surface area contributed by atoms with Gasteiger partial charge in [-0.15, -0.1) is 0 Å². The molecule has 0 spiro atoms. The zero-order chi connectivity index (χ0) is 20.7. The average Bonchev–Trinajstić information content (AvgIpc) is 3.36. The minimum atomic E-state index is -0.395. The highest BCUT2D eigenvalue weighted by atomic mass is 16.3. The van der Waals surface area contributed by atoms with Crippen LogP contribution in [-0.4, -0.2) is 16.9 Å². The van der Waals surface area contributed by atoms with Gasteiger partial charge in [-0.2, -0.15) is 4.57 Å². The monoisotopic (exact) mass is 396 g/mol. The second-order valence-corrected chi connectivity index (χ2v) is 7.75. The molecule has 5 rings (SSSR count). The van der Waals surface area contributed by atoms with Gasteiger partial charge in [0.1, 0.15) is 17.7 Å². The second kappa shape index (κ2) is 7.26. The molecule has 0 aliphatic carbocycles. The van der Waals surface area contributed by atoms with Gasteiger partial charge in [0, 0.05) is 11.1 Å². The SMILES string of the molecule is Cc1cc(C)cc(-c2nc(-c3ccccc3)c[n+]3c2NC(Cc2ccco2)C3=O)c1. The van der Waals surface area contributed by atoms with E-state index in [-0.39, 0.29) is 5.91 Å². The van der Waals surface area contributed by atoms with E-state index in [0.717, 1.165) is 45.2 Å². The molecule has 0 radical (unpaired) electrons. The van der Waals surface area contributed by atoms with Gasteiger partial charge < -0.3 is 4.42 Å². The first-order valence-corrected chi connectivity index (χ1v) is 10.0. The summed E-state index contributed by atoms with van der Waals surface area (Å²) in [5, 5.41) is 3.40. The van der Waals surface area contributed by atoms with E-state index in [9.17, 15) is 4.79 Å². The Bertz CT molecular complexity index is 1210. The molecule has 2 aromatic carbocycles. The molecule has 30 heavy (non-hydrogen) atoms. The molecule has 0 fully saturated rings. The Kier molecular flexibility index (Phi) is 4.43. The Morgan fingerprint density at radius 3 is 2.47 bits per heavy atom. The molecule has 1 atom stereocenters. The van der Waals surface area contributed by atoms with Gasteiger partial charge in [0.05, 0.1) is 12.7 Å². The summed E-state index contributed by atoms with van der Waals surface area (Å²) in [4.78, 5) is 18.2. The van der Waals surface area contributed by atoms with Crippen molar-refractivity contribution in [1.82, 2.24) is 4.98 Å². The lowest BCUT2D eigenvalue weighted by atomic mass is 10.0. The maximum atomic E-state index is 13.3. The third-order valence-electron chi connectivity index (χ3n) is 5.35. The molecule has 2 aromatic heterocycles. The van der Waals surface area contributed by atoms with Crippen LogP contribution in [0.4, 0.5) is 5.82 Å². The molecule has 4 aromatic rings. The minimum Gasteiger partial charge on any atom is -0.469 e. The number of benzene rings is 2. The van der Waals surface area contributed by atoms with Crippen LogP contribution in [0.15, 0.2) is 77.5 Å². The lowest BCUT2D eigenvalue weighted by Crippen LogP contribution is -2.43. The van der Waals surface area contributed by atoms with Gasteiger partial charge in [-0.3, -0.25) is 5.32 Å². The number of nitrogens with one attached hydrogen (secondary N) is 1. The Balaban J connectivity index is 1.66. The molecule has 0 saturated heterocycles. The van der Waals surface area contributed by atoms with E-state index in [2.05, 4.69) is 37.4 Å². The van der Waals surface area contributed by atoms with Crippen molar-refractivity contribution in [3.8, 4) is 22.5 Å². The van der Waals surface area contributed by atoms with Crippen LogP contribution in [0.2, 0.25) is 0 Å². The van der Waals surface area contributed by atoms with E-state index in [1.54, 1.807) is 10.8 Å². The third-order valence-corrected chi connectivity index (χ3v) is 5.35. The number of anilines is 1. The summed E-state index contributed by atoms with van der Waals surface area (Å²) in [6.45, 7) is 4.15. The van der Waals surface area contributed by atoms with Crippen LogP contribution < -0.4 is 9.88 Å². The molecule has 5 nitrogen and oxygen atoms in total. The van der Waals surface area contributed by atoms with Gasteiger partial charge >= 0.3 is 11.7 Å². The first-order valence-electron chi connectivity index (χ1n) is 10.0. The molecule has 0 amide bonds. The van der Waals surface area contributed by atoms with E-state index < -0.39 is 6.04 Å². The number of nitrogens with zero attached hydrogens (tertiary/aromatic N) is 2. The number of furan rings is 1. The zero-order valence-corrected chi connectivity index (χ0v) is 16.9. The van der Waals surface area contributed by atoms with Crippen molar-refractivity contribution in [2.45, 2.75) is 26.3 Å². The normalized spacial score (nSPS) is 15.1. The Morgan fingerprint density at radius 2 is 1.77 bits per heavy atom. The van der Waals surface area contributed by atoms with Crippen LogP contribution in [0.3, 0.4) is 0 Å². The van der Waals surface area contributed by atoms with Crippen LogP contribution in [0, 0.1) is 13.8 Å². The van der Waals surface area contributed by atoms with Gasteiger partial charge in [0.2, 0.25) is 6.04 Å². The molecule has 1 aliphatic rings. The topological polar surface area (TPSA) is 59.0 Å². The summed E-state index contributed by atoms with van der Waals surface area (Å²) in [5.41, 5.74) is 5.83. The number of hydrogen-bond donors (Lipinski definition) is 1. The standard InChI is InChI=1S/C25H21N3O2/c1-16-11-17(2)13-19(12-16)23-24-27-21(14-20-9-6-10-30-20)25(29)28(24)15-22(26-23)18-7-4-3-5-8-18/h3-13,15,21H,14H2,1-2H3/p+1. The molecule has 1 N–H and O–H groups in total.